The highest BCUT2D eigenvalue weighted by Crippen LogP contribution is 2.22. The molecule has 0 N–H and O–H groups in total. The van der Waals surface area contributed by atoms with Crippen LogP contribution in [-0.2, 0) is 0 Å². The van der Waals surface area contributed by atoms with Crippen LogP contribution in [0.25, 0.3) is 0 Å². The van der Waals surface area contributed by atoms with Crippen LogP contribution < -0.4 is 9.47 Å². The van der Waals surface area contributed by atoms with E-state index in [9.17, 15) is 0 Å². The monoisotopic (exact) mass is 349 g/mol. The van der Waals surface area contributed by atoms with Crippen LogP contribution in [0.5, 0.6) is 11.8 Å². The Morgan fingerprint density at radius 1 is 1.06 bits per heavy atom. The Bertz CT molecular complexity index is 331. The maximum Gasteiger partial charge on any atom is 0.230 e. The van der Waals surface area contributed by atoms with Gasteiger partial charge in [0.25, 0.3) is 0 Å². The van der Waals surface area contributed by atoms with Crippen molar-refractivity contribution in [3.8, 4) is 11.8 Å². The van der Waals surface area contributed by atoms with Crippen LogP contribution >= 0.6 is 22.6 Å². The smallest absolute Gasteiger partial charge is 0.230 e. The molecule has 0 atom stereocenters. The van der Waals surface area contributed by atoms with E-state index in [1.165, 1.54) is 0 Å². The largest absolute Gasteiger partial charge is 0.478 e. The van der Waals surface area contributed by atoms with Crippen molar-refractivity contribution < 1.29 is 9.47 Å². The predicted molar refractivity (Wildman–Crippen MR) is 77.8 cm³/mol. The molecular formula is C13H20INO2. The topological polar surface area (TPSA) is 31.4 Å². The first-order valence-electron chi connectivity index (χ1n) is 6.20. The lowest BCUT2D eigenvalue weighted by atomic mass is 10.4. The van der Waals surface area contributed by atoms with Gasteiger partial charge in [0.2, 0.25) is 11.8 Å². The number of pyridine rings is 1. The predicted octanol–water partition coefficient (Wildman–Crippen LogP) is 4.04. The molecule has 0 fully saturated rings. The first kappa shape index (κ1) is 14.5. The second kappa shape index (κ2) is 8.55. The Morgan fingerprint density at radius 2 is 1.71 bits per heavy atom. The van der Waals surface area contributed by atoms with Crippen LogP contribution in [0.4, 0.5) is 0 Å². The molecule has 0 aromatic carbocycles. The van der Waals surface area contributed by atoms with E-state index in [-0.39, 0.29) is 0 Å². The van der Waals surface area contributed by atoms with Crippen molar-refractivity contribution in [1.29, 1.82) is 0 Å². The first-order chi connectivity index (χ1) is 8.27. The quantitative estimate of drug-likeness (QED) is 0.524. The molecule has 4 heteroatoms. The van der Waals surface area contributed by atoms with Crippen molar-refractivity contribution in [1.82, 2.24) is 4.98 Å². The number of hydrogen-bond donors (Lipinski definition) is 0. The normalized spacial score (nSPS) is 10.3. The van der Waals surface area contributed by atoms with Crippen molar-refractivity contribution in [2.24, 2.45) is 0 Å². The van der Waals surface area contributed by atoms with Crippen LogP contribution in [0.15, 0.2) is 12.1 Å². The van der Waals surface area contributed by atoms with Crippen LogP contribution in [0.1, 0.15) is 39.5 Å². The molecule has 0 saturated heterocycles. The summed E-state index contributed by atoms with van der Waals surface area (Å²) < 4.78 is 12.2. The minimum Gasteiger partial charge on any atom is -0.478 e. The Kier molecular flexibility index (Phi) is 7.32. The molecule has 1 rings (SSSR count). The lowest BCUT2D eigenvalue weighted by Gasteiger charge is -2.09. The second-order valence-corrected chi connectivity index (χ2v) is 5.00. The average Bonchev–Trinajstić information content (AvgIpc) is 2.33. The molecule has 0 aliphatic rings. The molecule has 1 heterocycles. The van der Waals surface area contributed by atoms with Crippen molar-refractivity contribution >= 4 is 22.6 Å². The Balaban J connectivity index is 2.53. The van der Waals surface area contributed by atoms with Gasteiger partial charge in [0.15, 0.2) is 0 Å². The van der Waals surface area contributed by atoms with E-state index >= 15 is 0 Å². The summed E-state index contributed by atoms with van der Waals surface area (Å²) in [4.78, 5) is 4.36. The fraction of sp³-hybridized carbons (Fsp3) is 0.615. The maximum absolute atomic E-state index is 5.63. The van der Waals surface area contributed by atoms with Gasteiger partial charge in [-0.25, -0.2) is 0 Å². The first-order valence-corrected chi connectivity index (χ1v) is 7.28. The van der Waals surface area contributed by atoms with Crippen LogP contribution in [0.2, 0.25) is 0 Å². The third-order valence-corrected chi connectivity index (χ3v) is 3.09. The zero-order chi connectivity index (χ0) is 12.5. The van der Waals surface area contributed by atoms with Crippen molar-refractivity contribution in [3.63, 3.8) is 0 Å². The second-order valence-electron chi connectivity index (χ2n) is 3.84. The summed E-state index contributed by atoms with van der Waals surface area (Å²) in [6, 6.07) is 3.88. The molecule has 0 amide bonds. The highest BCUT2D eigenvalue weighted by atomic mass is 127. The molecule has 3 nitrogen and oxygen atoms in total. The summed E-state index contributed by atoms with van der Waals surface area (Å²) in [6.07, 6.45) is 4.37. The zero-order valence-corrected chi connectivity index (χ0v) is 12.7. The van der Waals surface area contributed by atoms with E-state index < -0.39 is 0 Å². The number of nitrogens with zero attached hydrogens (tertiary/aromatic N) is 1. The molecule has 0 aliphatic carbocycles. The fourth-order valence-corrected chi connectivity index (χ4v) is 1.68. The van der Waals surface area contributed by atoms with E-state index in [1.807, 2.05) is 12.1 Å². The summed E-state index contributed by atoms with van der Waals surface area (Å²) in [7, 11) is 0. The number of halogens is 1. The van der Waals surface area contributed by atoms with Gasteiger partial charge in [0.05, 0.1) is 16.8 Å². The van der Waals surface area contributed by atoms with Crippen LogP contribution in [0.3, 0.4) is 0 Å². The third-order valence-electron chi connectivity index (χ3n) is 2.27. The molecule has 0 aliphatic heterocycles. The van der Waals surface area contributed by atoms with Crippen molar-refractivity contribution in [2.45, 2.75) is 39.5 Å². The van der Waals surface area contributed by atoms with E-state index in [4.69, 9.17) is 9.47 Å². The van der Waals surface area contributed by atoms with E-state index in [1.54, 1.807) is 0 Å². The molecular weight excluding hydrogens is 329 g/mol. The molecule has 0 bridgehead atoms. The highest BCUT2D eigenvalue weighted by molar-refractivity contribution is 14.1. The van der Waals surface area contributed by atoms with Gasteiger partial charge in [-0.15, -0.1) is 0 Å². The third kappa shape index (κ3) is 5.57. The van der Waals surface area contributed by atoms with E-state index in [0.717, 1.165) is 42.5 Å². The maximum atomic E-state index is 5.63. The summed E-state index contributed by atoms with van der Waals surface area (Å²) in [5, 5.41) is 0. The van der Waals surface area contributed by atoms with Gasteiger partial charge in [-0.05, 0) is 41.5 Å². The number of aromatic nitrogens is 1. The van der Waals surface area contributed by atoms with E-state index in [0.29, 0.717) is 11.8 Å². The Labute approximate surface area is 117 Å². The van der Waals surface area contributed by atoms with Crippen molar-refractivity contribution in [2.75, 3.05) is 13.2 Å². The zero-order valence-electron chi connectivity index (χ0n) is 10.5. The summed E-state index contributed by atoms with van der Waals surface area (Å²) in [5.41, 5.74) is 0. The van der Waals surface area contributed by atoms with Gasteiger partial charge < -0.3 is 9.47 Å². The molecule has 0 spiro atoms. The standard InChI is InChI=1S/C13H20INO2/c1-3-5-9-16-12-8-7-11(14)13(15-12)17-10-6-4-2/h7-8H,3-6,9-10H2,1-2H3. The van der Waals surface area contributed by atoms with Gasteiger partial charge in [-0.3, -0.25) is 0 Å². The Morgan fingerprint density at radius 3 is 2.35 bits per heavy atom. The summed E-state index contributed by atoms with van der Waals surface area (Å²) in [6.45, 7) is 5.73. The number of unbranched alkanes of at least 4 members (excludes halogenated alkanes) is 2. The molecule has 1 aromatic heterocycles. The van der Waals surface area contributed by atoms with Gasteiger partial charge in [-0.1, -0.05) is 26.7 Å². The van der Waals surface area contributed by atoms with Gasteiger partial charge >= 0.3 is 0 Å². The minimum atomic E-state index is 0.658. The molecule has 0 saturated carbocycles. The molecule has 0 radical (unpaired) electrons. The lowest BCUT2D eigenvalue weighted by molar-refractivity contribution is 0.271. The molecule has 17 heavy (non-hydrogen) atoms. The van der Waals surface area contributed by atoms with Gasteiger partial charge in [-0.2, -0.15) is 4.98 Å². The summed E-state index contributed by atoms with van der Waals surface area (Å²) in [5.74, 6) is 1.35. The van der Waals surface area contributed by atoms with Crippen molar-refractivity contribution in [3.05, 3.63) is 15.7 Å². The SMILES string of the molecule is CCCCOc1ccc(I)c(OCCCC)n1. The fourth-order valence-electron chi connectivity index (χ4n) is 1.22. The Hall–Kier alpha value is -0.520. The molecule has 0 unspecified atom stereocenters. The number of ether oxygens (including phenoxy) is 2. The van der Waals surface area contributed by atoms with Crippen LogP contribution in [-0.4, -0.2) is 18.2 Å². The lowest BCUT2D eigenvalue weighted by Crippen LogP contribution is -2.03. The number of rotatable bonds is 8. The number of hydrogen-bond acceptors (Lipinski definition) is 3. The van der Waals surface area contributed by atoms with Gasteiger partial charge in [0.1, 0.15) is 0 Å². The van der Waals surface area contributed by atoms with E-state index in [2.05, 4.69) is 41.4 Å². The van der Waals surface area contributed by atoms with Crippen LogP contribution in [0, 0.1) is 3.57 Å². The molecule has 96 valence electrons. The molecule has 1 aromatic rings. The highest BCUT2D eigenvalue weighted by Gasteiger charge is 2.05. The minimum absolute atomic E-state index is 0.658. The summed E-state index contributed by atoms with van der Waals surface area (Å²) >= 11 is 2.23. The average molecular weight is 349 g/mol. The van der Waals surface area contributed by atoms with Gasteiger partial charge in [0, 0.05) is 6.07 Å².